The molecule has 0 atom stereocenters. The number of aromatic nitrogens is 2. The van der Waals surface area contributed by atoms with Gasteiger partial charge in [-0.25, -0.2) is 0 Å². The van der Waals surface area contributed by atoms with Gasteiger partial charge in [0.15, 0.2) is 0 Å². The van der Waals surface area contributed by atoms with Crippen molar-refractivity contribution in [2.45, 2.75) is 25.3 Å². The van der Waals surface area contributed by atoms with Gasteiger partial charge in [0, 0.05) is 16.1 Å². The fraction of sp³-hybridized carbons (Fsp3) is 0.200. The molecule has 0 fully saturated rings. The maximum Gasteiger partial charge on any atom is 0.312 e. The second-order valence-corrected chi connectivity index (χ2v) is 7.20. The molecule has 1 N–H and O–H groups in total. The van der Waals surface area contributed by atoms with Crippen molar-refractivity contribution in [3.63, 3.8) is 0 Å². The van der Waals surface area contributed by atoms with Gasteiger partial charge in [0.05, 0.1) is 11.5 Å². The molecule has 1 heterocycles. The number of carbonyl (C=O) groups is 1. The molecule has 7 nitrogen and oxygen atoms in total. The van der Waals surface area contributed by atoms with E-state index in [4.69, 9.17) is 0 Å². The Morgan fingerprint density at radius 3 is 2.54 bits per heavy atom. The van der Waals surface area contributed by atoms with Crippen LogP contribution in [0.15, 0.2) is 53.4 Å². The van der Waals surface area contributed by atoms with E-state index in [1.54, 1.807) is 42.4 Å². The van der Waals surface area contributed by atoms with Crippen molar-refractivity contribution in [1.82, 2.24) is 9.78 Å². The maximum absolute atomic E-state index is 12.4. The molecule has 144 valence electrons. The molecule has 3 aromatic rings. The van der Waals surface area contributed by atoms with Crippen LogP contribution in [0.5, 0.6) is 0 Å². The van der Waals surface area contributed by atoms with Gasteiger partial charge < -0.3 is 5.32 Å². The van der Waals surface area contributed by atoms with E-state index in [1.165, 1.54) is 0 Å². The number of carbonyl (C=O) groups excluding carboxylic acids is 1. The quantitative estimate of drug-likeness (QED) is 0.378. The minimum atomic E-state index is -0.409. The number of nitrogens with zero attached hydrogens (tertiary/aromatic N) is 3. The van der Waals surface area contributed by atoms with Gasteiger partial charge >= 0.3 is 5.69 Å². The Balaban J connectivity index is 1.72. The number of anilines is 1. The molecule has 28 heavy (non-hydrogen) atoms. The summed E-state index contributed by atoms with van der Waals surface area (Å²) in [6.45, 7) is 3.71. The lowest BCUT2D eigenvalue weighted by Crippen LogP contribution is -2.12. The normalized spacial score (nSPS) is 10.7. The molecular formula is C20H20N4O3S. The molecule has 2 aromatic carbocycles. The number of aryl methyl sites for hydroxylation is 1. The van der Waals surface area contributed by atoms with Crippen molar-refractivity contribution < 1.29 is 9.72 Å². The molecule has 1 aromatic heterocycles. The molecule has 0 saturated heterocycles. The van der Waals surface area contributed by atoms with Gasteiger partial charge in [-0.15, -0.1) is 11.8 Å². The van der Waals surface area contributed by atoms with Crippen LogP contribution in [-0.4, -0.2) is 26.9 Å². The molecular weight excluding hydrogens is 376 g/mol. The zero-order valence-electron chi connectivity index (χ0n) is 15.8. The van der Waals surface area contributed by atoms with Crippen LogP contribution < -0.4 is 5.32 Å². The van der Waals surface area contributed by atoms with Crippen LogP contribution in [0.2, 0.25) is 0 Å². The Hall–Kier alpha value is -3.13. The molecule has 1 amide bonds. The first-order valence-corrected chi connectivity index (χ1v) is 9.84. The first kappa shape index (κ1) is 19.6. The third kappa shape index (κ3) is 4.23. The van der Waals surface area contributed by atoms with Crippen molar-refractivity contribution in [3.05, 3.63) is 81.2 Å². The SMILES string of the molecule is CSc1cccc(NC(=O)c2ccc(Cn3nc(C)c([N+](=O)[O-])c3C)cc2)c1. The Kier molecular flexibility index (Phi) is 5.79. The Morgan fingerprint density at radius 2 is 1.93 bits per heavy atom. The molecule has 0 unspecified atom stereocenters. The van der Waals surface area contributed by atoms with E-state index in [1.807, 2.05) is 42.7 Å². The fourth-order valence-electron chi connectivity index (χ4n) is 2.94. The van der Waals surface area contributed by atoms with E-state index in [2.05, 4.69) is 10.4 Å². The second kappa shape index (κ2) is 8.26. The fourth-order valence-corrected chi connectivity index (χ4v) is 3.40. The van der Waals surface area contributed by atoms with Crippen LogP contribution in [0.4, 0.5) is 11.4 Å². The number of rotatable bonds is 6. The highest BCUT2D eigenvalue weighted by Gasteiger charge is 2.21. The lowest BCUT2D eigenvalue weighted by molar-refractivity contribution is -0.386. The highest BCUT2D eigenvalue weighted by atomic mass is 32.2. The van der Waals surface area contributed by atoms with E-state index in [0.29, 0.717) is 23.5 Å². The predicted octanol–water partition coefficient (Wildman–Crippen LogP) is 4.43. The van der Waals surface area contributed by atoms with Crippen LogP contribution in [0.25, 0.3) is 0 Å². The van der Waals surface area contributed by atoms with Gasteiger partial charge in [-0.3, -0.25) is 19.6 Å². The van der Waals surface area contributed by atoms with Crippen molar-refractivity contribution >= 4 is 29.0 Å². The molecule has 0 radical (unpaired) electrons. The molecule has 0 bridgehead atoms. The van der Waals surface area contributed by atoms with Crippen molar-refractivity contribution in [2.75, 3.05) is 11.6 Å². The number of benzene rings is 2. The summed E-state index contributed by atoms with van der Waals surface area (Å²) in [5.74, 6) is -0.188. The number of amides is 1. The third-order valence-electron chi connectivity index (χ3n) is 4.40. The average Bonchev–Trinajstić information content (AvgIpc) is 2.95. The van der Waals surface area contributed by atoms with Gasteiger partial charge in [0.25, 0.3) is 5.91 Å². The van der Waals surface area contributed by atoms with Crippen LogP contribution >= 0.6 is 11.8 Å². The summed E-state index contributed by atoms with van der Waals surface area (Å²) in [5.41, 5.74) is 3.14. The van der Waals surface area contributed by atoms with Crippen LogP contribution in [0.1, 0.15) is 27.3 Å². The standard InChI is InChI=1S/C20H20N4O3S/c1-13-19(24(26)27)14(2)23(22-13)12-15-7-9-16(10-8-15)20(25)21-17-5-4-6-18(11-17)28-3/h4-11H,12H2,1-3H3,(H,21,25). The zero-order chi connectivity index (χ0) is 20.3. The lowest BCUT2D eigenvalue weighted by Gasteiger charge is -2.08. The van der Waals surface area contributed by atoms with E-state index in [9.17, 15) is 14.9 Å². The van der Waals surface area contributed by atoms with E-state index in [0.717, 1.165) is 16.1 Å². The summed E-state index contributed by atoms with van der Waals surface area (Å²) in [6, 6.07) is 14.8. The lowest BCUT2D eigenvalue weighted by atomic mass is 10.1. The predicted molar refractivity (Wildman–Crippen MR) is 110 cm³/mol. The van der Waals surface area contributed by atoms with Gasteiger partial charge in [0.2, 0.25) is 0 Å². The van der Waals surface area contributed by atoms with E-state index >= 15 is 0 Å². The van der Waals surface area contributed by atoms with Crippen molar-refractivity contribution in [3.8, 4) is 0 Å². The van der Waals surface area contributed by atoms with Crippen molar-refractivity contribution in [1.29, 1.82) is 0 Å². The van der Waals surface area contributed by atoms with Gasteiger partial charge in [-0.05, 0) is 56.0 Å². The summed E-state index contributed by atoms with van der Waals surface area (Å²) in [7, 11) is 0. The number of thioether (sulfide) groups is 1. The molecule has 0 spiro atoms. The van der Waals surface area contributed by atoms with Crippen LogP contribution in [0.3, 0.4) is 0 Å². The smallest absolute Gasteiger partial charge is 0.312 e. The Bertz CT molecular complexity index is 1030. The molecule has 0 saturated carbocycles. The number of hydrogen-bond acceptors (Lipinski definition) is 5. The Morgan fingerprint density at radius 1 is 1.21 bits per heavy atom. The van der Waals surface area contributed by atoms with E-state index < -0.39 is 4.92 Å². The maximum atomic E-state index is 12.4. The summed E-state index contributed by atoms with van der Waals surface area (Å²) < 4.78 is 1.61. The highest BCUT2D eigenvalue weighted by Crippen LogP contribution is 2.23. The zero-order valence-corrected chi connectivity index (χ0v) is 16.6. The summed E-state index contributed by atoms with van der Waals surface area (Å²) in [6.07, 6.45) is 1.98. The van der Waals surface area contributed by atoms with Crippen LogP contribution in [-0.2, 0) is 6.54 Å². The molecule has 8 heteroatoms. The van der Waals surface area contributed by atoms with Crippen LogP contribution in [0, 0.1) is 24.0 Å². The summed E-state index contributed by atoms with van der Waals surface area (Å²) in [5, 5.41) is 18.3. The minimum absolute atomic E-state index is 0.0449. The number of nitrogens with one attached hydrogen (secondary N) is 1. The third-order valence-corrected chi connectivity index (χ3v) is 5.13. The molecule has 0 aliphatic heterocycles. The van der Waals surface area contributed by atoms with E-state index in [-0.39, 0.29) is 11.6 Å². The Labute approximate surface area is 166 Å². The van der Waals surface area contributed by atoms with Gasteiger partial charge in [-0.2, -0.15) is 5.10 Å². The molecule has 0 aliphatic carbocycles. The summed E-state index contributed by atoms with van der Waals surface area (Å²) in [4.78, 5) is 24.2. The number of hydrogen-bond donors (Lipinski definition) is 1. The van der Waals surface area contributed by atoms with Gasteiger partial charge in [-0.1, -0.05) is 18.2 Å². The highest BCUT2D eigenvalue weighted by molar-refractivity contribution is 7.98. The van der Waals surface area contributed by atoms with Gasteiger partial charge in [0.1, 0.15) is 11.4 Å². The summed E-state index contributed by atoms with van der Waals surface area (Å²) >= 11 is 1.61. The largest absolute Gasteiger partial charge is 0.322 e. The monoisotopic (exact) mass is 396 g/mol. The second-order valence-electron chi connectivity index (χ2n) is 6.32. The topological polar surface area (TPSA) is 90.1 Å². The molecule has 3 rings (SSSR count). The number of nitro groups is 1. The average molecular weight is 396 g/mol. The first-order valence-electron chi connectivity index (χ1n) is 8.61. The molecule has 0 aliphatic rings. The van der Waals surface area contributed by atoms with Crippen molar-refractivity contribution in [2.24, 2.45) is 0 Å². The first-order chi connectivity index (χ1) is 13.4. The minimum Gasteiger partial charge on any atom is -0.322 e.